The van der Waals surface area contributed by atoms with Gasteiger partial charge >= 0.3 is 5.82 Å². The summed E-state index contributed by atoms with van der Waals surface area (Å²) in [5, 5.41) is 21.3. The van der Waals surface area contributed by atoms with E-state index in [-0.39, 0.29) is 16.7 Å². The Labute approximate surface area is 194 Å². The van der Waals surface area contributed by atoms with Crippen molar-refractivity contribution in [1.29, 1.82) is 0 Å². The Morgan fingerprint density at radius 3 is 2.71 bits per heavy atom. The molecule has 2 aromatic carbocycles. The summed E-state index contributed by atoms with van der Waals surface area (Å²) < 4.78 is 16.4. The standard InChI is InChI=1S/C24H22FN5O4/c1-5-21(31)27-20-8-14(7-6-13(20)2)29-11-17(22(28-29)30(33)34)15-9-18-16(10-19(15)25)23(32)26-12-24(18,3)4/h5-11H,1,12H2,2-4H3,(H,26,32)(H,27,31). The van der Waals surface area contributed by atoms with Crippen molar-refractivity contribution < 1.29 is 18.9 Å². The van der Waals surface area contributed by atoms with Crippen molar-refractivity contribution in [3.05, 3.63) is 81.8 Å². The van der Waals surface area contributed by atoms with Crippen molar-refractivity contribution in [2.45, 2.75) is 26.2 Å². The monoisotopic (exact) mass is 463 g/mol. The molecule has 1 aliphatic heterocycles. The molecule has 9 nitrogen and oxygen atoms in total. The van der Waals surface area contributed by atoms with Crippen molar-refractivity contribution in [2.24, 2.45) is 0 Å². The van der Waals surface area contributed by atoms with Crippen LogP contribution in [-0.2, 0) is 10.2 Å². The lowest BCUT2D eigenvalue weighted by molar-refractivity contribution is -0.389. The molecule has 3 aromatic rings. The Bertz CT molecular complexity index is 1380. The molecule has 0 saturated carbocycles. The highest BCUT2D eigenvalue weighted by atomic mass is 19.1. The molecule has 34 heavy (non-hydrogen) atoms. The summed E-state index contributed by atoms with van der Waals surface area (Å²) in [5.41, 5.74) is 1.93. The van der Waals surface area contributed by atoms with Gasteiger partial charge in [-0.2, -0.15) is 0 Å². The van der Waals surface area contributed by atoms with Crippen LogP contribution in [0.5, 0.6) is 0 Å². The molecule has 0 unspecified atom stereocenters. The maximum atomic E-state index is 15.1. The van der Waals surface area contributed by atoms with Crippen LogP contribution < -0.4 is 10.6 Å². The fraction of sp³-hybridized carbons (Fsp3) is 0.208. The van der Waals surface area contributed by atoms with Gasteiger partial charge in [0.25, 0.3) is 5.91 Å². The van der Waals surface area contributed by atoms with Crippen LogP contribution in [0.2, 0.25) is 0 Å². The van der Waals surface area contributed by atoms with E-state index in [0.717, 1.165) is 17.7 Å². The first-order valence-corrected chi connectivity index (χ1v) is 10.4. The second-order valence-electron chi connectivity index (χ2n) is 8.70. The number of nitrogens with zero attached hydrogens (tertiary/aromatic N) is 3. The van der Waals surface area contributed by atoms with Gasteiger partial charge in [-0.25, -0.2) is 4.39 Å². The third kappa shape index (κ3) is 3.94. The number of halogens is 1. The lowest BCUT2D eigenvalue weighted by atomic mass is 9.77. The first-order chi connectivity index (χ1) is 16.0. The van der Waals surface area contributed by atoms with Gasteiger partial charge in [0.1, 0.15) is 11.4 Å². The lowest BCUT2D eigenvalue weighted by Gasteiger charge is -2.32. The van der Waals surface area contributed by atoms with E-state index in [1.807, 2.05) is 13.8 Å². The number of hydrogen-bond acceptors (Lipinski definition) is 5. The minimum absolute atomic E-state index is 0.0215. The number of anilines is 1. The number of amides is 2. The van der Waals surface area contributed by atoms with Gasteiger partial charge < -0.3 is 20.7 Å². The third-order valence-corrected chi connectivity index (χ3v) is 5.86. The van der Waals surface area contributed by atoms with Gasteiger partial charge in [-0.15, -0.1) is 4.68 Å². The molecule has 1 aromatic heterocycles. The molecular weight excluding hydrogens is 441 g/mol. The number of benzene rings is 2. The summed E-state index contributed by atoms with van der Waals surface area (Å²) in [5.74, 6) is -2.10. The maximum absolute atomic E-state index is 15.1. The van der Waals surface area contributed by atoms with Gasteiger partial charge in [-0.3, -0.25) is 9.59 Å². The number of hydrogen-bond donors (Lipinski definition) is 2. The number of nitrogens with one attached hydrogen (secondary N) is 2. The number of carbonyl (C=O) groups excluding carboxylic acids is 2. The van der Waals surface area contributed by atoms with Crippen LogP contribution >= 0.6 is 0 Å². The predicted molar refractivity (Wildman–Crippen MR) is 125 cm³/mol. The highest BCUT2D eigenvalue weighted by Gasteiger charge is 2.34. The second kappa shape index (κ2) is 8.22. The number of carbonyl (C=O) groups is 2. The Hall–Kier alpha value is -4.34. The average Bonchev–Trinajstić information content (AvgIpc) is 3.23. The molecule has 174 valence electrons. The molecule has 0 saturated heterocycles. The number of fused-ring (bicyclic) bond motifs is 1. The minimum atomic E-state index is -0.767. The average molecular weight is 463 g/mol. The first-order valence-electron chi connectivity index (χ1n) is 10.4. The maximum Gasteiger partial charge on any atom is 0.398 e. The van der Waals surface area contributed by atoms with Crippen LogP contribution in [0.15, 0.2) is 49.2 Å². The molecule has 10 heteroatoms. The second-order valence-corrected chi connectivity index (χ2v) is 8.70. The number of aryl methyl sites for hydroxylation is 1. The SMILES string of the molecule is C=CC(=O)Nc1cc(-n2cc(-c3cc4c(cc3F)C(=O)NCC4(C)C)c([N+](=O)[O-])n2)ccc1C. The summed E-state index contributed by atoms with van der Waals surface area (Å²) >= 11 is 0. The third-order valence-electron chi connectivity index (χ3n) is 5.86. The van der Waals surface area contributed by atoms with Crippen molar-refractivity contribution in [1.82, 2.24) is 15.1 Å². The van der Waals surface area contributed by atoms with Crippen LogP contribution in [0.4, 0.5) is 15.9 Å². The van der Waals surface area contributed by atoms with E-state index in [9.17, 15) is 19.7 Å². The summed E-state index contributed by atoms with van der Waals surface area (Å²) in [6.07, 6.45) is 2.49. The number of rotatable bonds is 5. The van der Waals surface area contributed by atoms with Crippen LogP contribution in [-0.4, -0.2) is 33.1 Å². The lowest BCUT2D eigenvalue weighted by Crippen LogP contribution is -2.43. The molecular formula is C24H22FN5O4. The van der Waals surface area contributed by atoms with Crippen molar-refractivity contribution in [2.75, 3.05) is 11.9 Å². The Morgan fingerprint density at radius 2 is 2.03 bits per heavy atom. The Kier molecular flexibility index (Phi) is 5.52. The molecule has 0 aliphatic carbocycles. The van der Waals surface area contributed by atoms with Gasteiger partial charge in [0, 0.05) is 28.8 Å². The van der Waals surface area contributed by atoms with Crippen LogP contribution in [0, 0.1) is 22.9 Å². The molecule has 0 bridgehead atoms. The molecule has 0 fully saturated rings. The van der Waals surface area contributed by atoms with Gasteiger partial charge in [0.05, 0.1) is 17.0 Å². The number of aromatic nitrogens is 2. The van der Waals surface area contributed by atoms with Gasteiger partial charge in [-0.1, -0.05) is 26.5 Å². The summed E-state index contributed by atoms with van der Waals surface area (Å²) in [4.78, 5) is 35.1. The zero-order chi connectivity index (χ0) is 24.8. The highest BCUT2D eigenvalue weighted by molar-refractivity contribution is 5.99. The number of nitro groups is 1. The van der Waals surface area contributed by atoms with E-state index >= 15 is 4.39 Å². The zero-order valence-electron chi connectivity index (χ0n) is 18.8. The molecule has 2 amide bonds. The van der Waals surface area contributed by atoms with Crippen molar-refractivity contribution in [3.8, 4) is 16.8 Å². The largest absolute Gasteiger partial charge is 0.398 e. The molecule has 0 spiro atoms. The van der Waals surface area contributed by atoms with Crippen molar-refractivity contribution >= 4 is 23.3 Å². The van der Waals surface area contributed by atoms with E-state index < -0.39 is 33.8 Å². The molecule has 1 aliphatic rings. The van der Waals surface area contributed by atoms with E-state index in [1.54, 1.807) is 25.1 Å². The fourth-order valence-corrected chi connectivity index (χ4v) is 3.91. The summed E-state index contributed by atoms with van der Waals surface area (Å²) in [6.45, 7) is 9.37. The van der Waals surface area contributed by atoms with Crippen LogP contribution in [0.3, 0.4) is 0 Å². The van der Waals surface area contributed by atoms with Crippen molar-refractivity contribution in [3.63, 3.8) is 0 Å². The summed E-state index contributed by atoms with van der Waals surface area (Å²) in [7, 11) is 0. The smallest absolute Gasteiger partial charge is 0.358 e. The normalized spacial score (nSPS) is 14.2. The van der Waals surface area contributed by atoms with Gasteiger partial charge in [-0.05, 0) is 53.3 Å². The first kappa shape index (κ1) is 22.8. The summed E-state index contributed by atoms with van der Waals surface area (Å²) in [6, 6.07) is 7.60. The van der Waals surface area contributed by atoms with Crippen LogP contribution in [0.25, 0.3) is 16.8 Å². The minimum Gasteiger partial charge on any atom is -0.358 e. The fourth-order valence-electron chi connectivity index (χ4n) is 3.91. The molecule has 0 radical (unpaired) electrons. The Balaban J connectivity index is 1.87. The van der Waals surface area contributed by atoms with Gasteiger partial charge in [0.2, 0.25) is 5.91 Å². The predicted octanol–water partition coefficient (Wildman–Crippen LogP) is 4.04. The van der Waals surface area contributed by atoms with Gasteiger partial charge in [0.15, 0.2) is 0 Å². The Morgan fingerprint density at radius 1 is 1.29 bits per heavy atom. The molecule has 0 atom stereocenters. The molecule has 2 heterocycles. The van der Waals surface area contributed by atoms with E-state index in [0.29, 0.717) is 23.5 Å². The molecule has 4 rings (SSSR count). The van der Waals surface area contributed by atoms with E-state index in [4.69, 9.17) is 0 Å². The van der Waals surface area contributed by atoms with E-state index in [1.165, 1.54) is 16.9 Å². The topological polar surface area (TPSA) is 119 Å². The van der Waals surface area contributed by atoms with Crippen LogP contribution in [0.1, 0.15) is 35.3 Å². The molecule has 2 N–H and O–H groups in total. The quantitative estimate of drug-likeness (QED) is 0.336. The zero-order valence-corrected chi connectivity index (χ0v) is 18.8. The van der Waals surface area contributed by atoms with E-state index in [2.05, 4.69) is 22.3 Å². The highest BCUT2D eigenvalue weighted by Crippen LogP contribution is 2.38.